The number of hydrogen-bond donors (Lipinski definition) is 0. The lowest BCUT2D eigenvalue weighted by Crippen LogP contribution is -2.25. The molecule has 0 aromatic heterocycles. The van der Waals surface area contributed by atoms with Crippen LogP contribution < -0.4 is 0 Å². The number of alkyl halides is 1. The molecule has 0 aliphatic heterocycles. The summed E-state index contributed by atoms with van der Waals surface area (Å²) >= 11 is 2.62. The normalized spacial score (nSPS) is 43.5. The SMILES string of the molecule is IC1CCC2CC=CCC2C1. The molecule has 0 aromatic rings. The van der Waals surface area contributed by atoms with E-state index in [4.69, 9.17) is 0 Å². The molecule has 3 unspecified atom stereocenters. The molecule has 0 saturated heterocycles. The van der Waals surface area contributed by atoms with E-state index >= 15 is 0 Å². The molecule has 11 heavy (non-hydrogen) atoms. The highest BCUT2D eigenvalue weighted by Crippen LogP contribution is 2.40. The van der Waals surface area contributed by atoms with E-state index in [0.717, 1.165) is 15.8 Å². The minimum Gasteiger partial charge on any atom is -0.0882 e. The van der Waals surface area contributed by atoms with Gasteiger partial charge in [-0.3, -0.25) is 0 Å². The third-order valence-electron chi connectivity index (χ3n) is 3.12. The van der Waals surface area contributed by atoms with Crippen LogP contribution in [0.5, 0.6) is 0 Å². The van der Waals surface area contributed by atoms with Crippen molar-refractivity contribution in [1.29, 1.82) is 0 Å². The molecule has 0 radical (unpaired) electrons. The zero-order chi connectivity index (χ0) is 7.68. The highest BCUT2D eigenvalue weighted by Gasteiger charge is 2.28. The number of allylic oxidation sites excluding steroid dienone is 2. The van der Waals surface area contributed by atoms with Gasteiger partial charge < -0.3 is 0 Å². The van der Waals surface area contributed by atoms with Crippen molar-refractivity contribution in [2.75, 3.05) is 0 Å². The summed E-state index contributed by atoms with van der Waals surface area (Å²) in [5.74, 6) is 2.08. The Kier molecular flexibility index (Phi) is 2.54. The van der Waals surface area contributed by atoms with Crippen molar-refractivity contribution in [3.8, 4) is 0 Å². The van der Waals surface area contributed by atoms with Crippen LogP contribution in [0, 0.1) is 11.8 Å². The number of halogens is 1. The van der Waals surface area contributed by atoms with Crippen molar-refractivity contribution in [1.82, 2.24) is 0 Å². The van der Waals surface area contributed by atoms with Crippen LogP contribution in [-0.4, -0.2) is 3.92 Å². The summed E-state index contributed by atoms with van der Waals surface area (Å²) in [7, 11) is 0. The van der Waals surface area contributed by atoms with Gasteiger partial charge in [0.25, 0.3) is 0 Å². The lowest BCUT2D eigenvalue weighted by molar-refractivity contribution is 0.241. The quantitative estimate of drug-likeness (QED) is 0.356. The van der Waals surface area contributed by atoms with Gasteiger partial charge in [-0.25, -0.2) is 0 Å². The fourth-order valence-electron chi connectivity index (χ4n) is 2.41. The first kappa shape index (κ1) is 8.09. The Balaban J connectivity index is 2.00. The van der Waals surface area contributed by atoms with Crippen molar-refractivity contribution in [3.63, 3.8) is 0 Å². The average molecular weight is 262 g/mol. The van der Waals surface area contributed by atoms with Gasteiger partial charge in [-0.2, -0.15) is 0 Å². The van der Waals surface area contributed by atoms with E-state index in [1.54, 1.807) is 0 Å². The molecule has 0 nitrogen and oxygen atoms in total. The van der Waals surface area contributed by atoms with E-state index in [1.165, 1.54) is 32.1 Å². The fraction of sp³-hybridized carbons (Fsp3) is 0.800. The van der Waals surface area contributed by atoms with Gasteiger partial charge in [-0.1, -0.05) is 34.7 Å². The smallest absolute Gasteiger partial charge is 0.0113 e. The third kappa shape index (κ3) is 1.79. The van der Waals surface area contributed by atoms with E-state index in [-0.39, 0.29) is 0 Å². The van der Waals surface area contributed by atoms with E-state index in [2.05, 4.69) is 34.7 Å². The molecule has 0 amide bonds. The molecule has 1 fully saturated rings. The third-order valence-corrected chi connectivity index (χ3v) is 4.25. The van der Waals surface area contributed by atoms with Gasteiger partial charge in [-0.05, 0) is 43.9 Å². The molecule has 2 rings (SSSR count). The topological polar surface area (TPSA) is 0 Å². The molecule has 0 spiro atoms. The van der Waals surface area contributed by atoms with Gasteiger partial charge in [0.15, 0.2) is 0 Å². The summed E-state index contributed by atoms with van der Waals surface area (Å²) in [5.41, 5.74) is 0. The van der Waals surface area contributed by atoms with Crippen LogP contribution in [0.15, 0.2) is 12.2 Å². The van der Waals surface area contributed by atoms with Crippen LogP contribution in [0.3, 0.4) is 0 Å². The highest BCUT2D eigenvalue weighted by atomic mass is 127. The molecular formula is C10H15I. The molecule has 2 aliphatic carbocycles. The first-order valence-corrected chi connectivity index (χ1v) is 5.90. The van der Waals surface area contributed by atoms with E-state index in [1.807, 2.05) is 0 Å². The minimum atomic E-state index is 0.973. The van der Waals surface area contributed by atoms with Crippen LogP contribution in [0.25, 0.3) is 0 Å². The zero-order valence-electron chi connectivity index (χ0n) is 6.80. The Morgan fingerprint density at radius 2 is 1.73 bits per heavy atom. The van der Waals surface area contributed by atoms with Gasteiger partial charge in [0.05, 0.1) is 0 Å². The molecule has 0 heterocycles. The first-order chi connectivity index (χ1) is 5.36. The maximum absolute atomic E-state index is 2.62. The minimum absolute atomic E-state index is 0.973. The second-order valence-electron chi connectivity index (χ2n) is 3.87. The van der Waals surface area contributed by atoms with Crippen molar-refractivity contribution >= 4 is 22.6 Å². The Hall–Kier alpha value is 0.470. The predicted molar refractivity (Wildman–Crippen MR) is 57.0 cm³/mol. The summed E-state index contributed by atoms with van der Waals surface area (Å²) in [6.45, 7) is 0. The molecule has 3 atom stereocenters. The molecule has 0 bridgehead atoms. The number of rotatable bonds is 0. The molecular weight excluding hydrogens is 247 g/mol. The van der Waals surface area contributed by atoms with Gasteiger partial charge in [0.2, 0.25) is 0 Å². The van der Waals surface area contributed by atoms with Gasteiger partial charge in [0.1, 0.15) is 0 Å². The first-order valence-electron chi connectivity index (χ1n) is 4.65. The van der Waals surface area contributed by atoms with Crippen LogP contribution in [0.2, 0.25) is 0 Å². The van der Waals surface area contributed by atoms with Gasteiger partial charge in [-0.15, -0.1) is 0 Å². The summed E-state index contributed by atoms with van der Waals surface area (Å²) in [4.78, 5) is 0. The average Bonchev–Trinajstić information content (AvgIpc) is 2.04. The molecule has 2 aliphatic rings. The standard InChI is InChI=1S/C10H15I/c11-10-6-5-8-3-1-2-4-9(8)7-10/h1-2,8-10H,3-7H2. The zero-order valence-corrected chi connectivity index (χ0v) is 8.96. The van der Waals surface area contributed by atoms with E-state index < -0.39 is 0 Å². The van der Waals surface area contributed by atoms with Crippen LogP contribution >= 0.6 is 22.6 Å². The Morgan fingerprint density at radius 1 is 1.00 bits per heavy atom. The molecule has 0 N–H and O–H groups in total. The molecule has 1 saturated carbocycles. The second-order valence-corrected chi connectivity index (χ2v) is 5.63. The second kappa shape index (κ2) is 3.46. The summed E-state index contributed by atoms with van der Waals surface area (Å²) in [6.07, 6.45) is 11.9. The van der Waals surface area contributed by atoms with Crippen LogP contribution in [0.4, 0.5) is 0 Å². The van der Waals surface area contributed by atoms with Crippen molar-refractivity contribution in [2.24, 2.45) is 11.8 Å². The fourth-order valence-corrected chi connectivity index (χ4v) is 3.42. The number of hydrogen-bond acceptors (Lipinski definition) is 0. The lowest BCUT2D eigenvalue weighted by Gasteiger charge is -2.35. The van der Waals surface area contributed by atoms with Crippen LogP contribution in [-0.2, 0) is 0 Å². The Morgan fingerprint density at radius 3 is 2.55 bits per heavy atom. The predicted octanol–water partition coefficient (Wildman–Crippen LogP) is 3.56. The highest BCUT2D eigenvalue weighted by molar-refractivity contribution is 14.1. The van der Waals surface area contributed by atoms with E-state index in [9.17, 15) is 0 Å². The maximum Gasteiger partial charge on any atom is 0.0113 e. The van der Waals surface area contributed by atoms with Crippen molar-refractivity contribution in [2.45, 2.75) is 36.0 Å². The molecule has 62 valence electrons. The Bertz CT molecular complexity index is 162. The molecule has 1 heteroatoms. The van der Waals surface area contributed by atoms with Gasteiger partial charge in [0, 0.05) is 3.92 Å². The molecule has 0 aromatic carbocycles. The summed E-state index contributed by atoms with van der Waals surface area (Å²) < 4.78 is 0.973. The van der Waals surface area contributed by atoms with E-state index in [0.29, 0.717) is 0 Å². The summed E-state index contributed by atoms with van der Waals surface area (Å²) in [6, 6.07) is 0. The van der Waals surface area contributed by atoms with Crippen molar-refractivity contribution < 1.29 is 0 Å². The van der Waals surface area contributed by atoms with Crippen LogP contribution in [0.1, 0.15) is 32.1 Å². The Labute approximate surface area is 82.6 Å². The monoisotopic (exact) mass is 262 g/mol. The maximum atomic E-state index is 2.62. The van der Waals surface area contributed by atoms with Crippen molar-refractivity contribution in [3.05, 3.63) is 12.2 Å². The van der Waals surface area contributed by atoms with Gasteiger partial charge >= 0.3 is 0 Å². The summed E-state index contributed by atoms with van der Waals surface area (Å²) in [5, 5.41) is 0. The largest absolute Gasteiger partial charge is 0.0882 e. The lowest BCUT2D eigenvalue weighted by atomic mass is 9.73. The number of fused-ring (bicyclic) bond motifs is 1.